The van der Waals surface area contributed by atoms with Crippen LogP contribution in [0.4, 0.5) is 0 Å². The van der Waals surface area contributed by atoms with Crippen LogP contribution in [0, 0.1) is 0 Å². The van der Waals surface area contributed by atoms with Crippen LogP contribution in [-0.4, -0.2) is 79.9 Å². The number of methoxy groups -OCH3 is 1. The van der Waals surface area contributed by atoms with Crippen LogP contribution in [0.1, 0.15) is 6.42 Å². The highest BCUT2D eigenvalue weighted by molar-refractivity contribution is 5.81. The monoisotopic (exact) mass is 260 g/mol. The van der Waals surface area contributed by atoms with E-state index in [1.165, 1.54) is 0 Å². The Hall–Kier alpha value is -0.730. The molecule has 1 aliphatic heterocycles. The van der Waals surface area contributed by atoms with Gasteiger partial charge in [0.15, 0.2) is 0 Å². The molecule has 0 aromatic carbocycles. The molecule has 7 heteroatoms. The second-order valence-electron chi connectivity index (χ2n) is 4.98. The Morgan fingerprint density at radius 2 is 2.33 bits per heavy atom. The molecule has 18 heavy (non-hydrogen) atoms. The summed E-state index contributed by atoms with van der Waals surface area (Å²) in [4.78, 5) is 15.8. The van der Waals surface area contributed by atoms with Gasteiger partial charge in [0.1, 0.15) is 6.04 Å². The second kappa shape index (κ2) is 7.01. The quantitative estimate of drug-likeness (QED) is 0.290. The lowest BCUT2D eigenvalue weighted by atomic mass is 10.1. The summed E-state index contributed by atoms with van der Waals surface area (Å²) in [5.74, 6) is 4.91. The average molecular weight is 260 g/mol. The number of hydrazine groups is 1. The van der Waals surface area contributed by atoms with E-state index >= 15 is 0 Å². The maximum atomic E-state index is 11.8. The summed E-state index contributed by atoms with van der Waals surface area (Å²) in [7, 11) is 5.48. The first kappa shape index (κ1) is 15.3. The van der Waals surface area contributed by atoms with E-state index in [1.54, 1.807) is 7.11 Å². The summed E-state index contributed by atoms with van der Waals surface area (Å²) >= 11 is 0. The minimum Gasteiger partial charge on any atom is -0.392 e. The molecule has 0 bridgehead atoms. The maximum Gasteiger partial charge on any atom is 0.253 e. The Kier molecular flexibility index (Phi) is 5.97. The van der Waals surface area contributed by atoms with Crippen molar-refractivity contribution in [1.82, 2.24) is 15.2 Å². The van der Waals surface area contributed by atoms with E-state index in [0.717, 1.165) is 6.54 Å². The number of nitrogens with zero attached hydrogens (tertiary/aromatic N) is 2. The van der Waals surface area contributed by atoms with Gasteiger partial charge in [-0.3, -0.25) is 15.1 Å². The first-order valence-electron chi connectivity index (χ1n) is 6.07. The number of hydrogen-bond donors (Lipinski definition) is 3. The zero-order valence-electron chi connectivity index (χ0n) is 11.3. The highest BCUT2D eigenvalue weighted by Crippen LogP contribution is 2.21. The van der Waals surface area contributed by atoms with E-state index in [1.807, 2.05) is 23.9 Å². The first-order valence-corrected chi connectivity index (χ1v) is 6.07. The number of rotatable bonds is 6. The molecule has 1 amide bonds. The SMILES string of the molecule is COCC(C(=O)NN)N1CC(O)CC1CN(C)C. The third kappa shape index (κ3) is 3.89. The van der Waals surface area contributed by atoms with Crippen LogP contribution >= 0.6 is 0 Å². The van der Waals surface area contributed by atoms with E-state index in [-0.39, 0.29) is 18.6 Å². The summed E-state index contributed by atoms with van der Waals surface area (Å²) in [6.07, 6.45) is 0.260. The van der Waals surface area contributed by atoms with Gasteiger partial charge in [-0.1, -0.05) is 0 Å². The number of carbonyl (C=O) groups is 1. The molecule has 3 atom stereocenters. The number of likely N-dealkylation sites (N-methyl/N-ethyl adjacent to an activating group) is 1. The van der Waals surface area contributed by atoms with Crippen molar-refractivity contribution < 1.29 is 14.6 Å². The number of likely N-dealkylation sites (tertiary alicyclic amines) is 1. The molecule has 7 nitrogen and oxygen atoms in total. The molecule has 0 aliphatic carbocycles. The van der Waals surface area contributed by atoms with Gasteiger partial charge >= 0.3 is 0 Å². The number of hydrogen-bond acceptors (Lipinski definition) is 6. The van der Waals surface area contributed by atoms with E-state index in [4.69, 9.17) is 10.6 Å². The highest BCUT2D eigenvalue weighted by atomic mass is 16.5. The lowest BCUT2D eigenvalue weighted by molar-refractivity contribution is -0.129. The molecule has 0 saturated carbocycles. The topological polar surface area (TPSA) is 91.1 Å². The largest absolute Gasteiger partial charge is 0.392 e. The Labute approximate surface area is 108 Å². The van der Waals surface area contributed by atoms with E-state index < -0.39 is 12.1 Å². The molecular formula is C11H24N4O3. The van der Waals surface area contributed by atoms with Crippen molar-refractivity contribution in [2.24, 2.45) is 5.84 Å². The molecule has 4 N–H and O–H groups in total. The number of amides is 1. The molecule has 1 heterocycles. The predicted octanol–water partition coefficient (Wildman–Crippen LogP) is -2.01. The van der Waals surface area contributed by atoms with Crippen molar-refractivity contribution >= 4 is 5.91 Å². The number of nitrogens with one attached hydrogen (secondary N) is 1. The molecule has 3 unspecified atom stereocenters. The Balaban J connectivity index is 2.76. The van der Waals surface area contributed by atoms with Gasteiger partial charge in [-0.05, 0) is 20.5 Å². The summed E-state index contributed by atoms with van der Waals surface area (Å²) < 4.78 is 5.07. The Morgan fingerprint density at radius 1 is 1.67 bits per heavy atom. The minimum atomic E-state index is -0.456. The average Bonchev–Trinajstić information content (AvgIpc) is 2.65. The zero-order chi connectivity index (χ0) is 13.7. The number of aliphatic hydroxyl groups is 1. The van der Waals surface area contributed by atoms with Gasteiger partial charge in [0.05, 0.1) is 12.7 Å². The first-order chi connectivity index (χ1) is 8.49. The van der Waals surface area contributed by atoms with E-state index in [0.29, 0.717) is 13.0 Å². The third-order valence-corrected chi connectivity index (χ3v) is 3.18. The van der Waals surface area contributed by atoms with Gasteiger partial charge in [0, 0.05) is 26.2 Å². The fourth-order valence-electron chi connectivity index (χ4n) is 2.48. The molecule has 1 rings (SSSR count). The van der Waals surface area contributed by atoms with Gasteiger partial charge in [0.25, 0.3) is 5.91 Å². The zero-order valence-corrected chi connectivity index (χ0v) is 11.3. The van der Waals surface area contributed by atoms with Crippen molar-refractivity contribution in [3.8, 4) is 0 Å². The van der Waals surface area contributed by atoms with Crippen LogP contribution in [0.15, 0.2) is 0 Å². The van der Waals surface area contributed by atoms with Gasteiger partial charge < -0.3 is 14.7 Å². The Bertz CT molecular complexity index is 275. The van der Waals surface area contributed by atoms with Gasteiger partial charge in [-0.2, -0.15) is 0 Å². The van der Waals surface area contributed by atoms with Crippen molar-refractivity contribution in [3.05, 3.63) is 0 Å². The smallest absolute Gasteiger partial charge is 0.253 e. The fraction of sp³-hybridized carbons (Fsp3) is 0.909. The normalized spacial score (nSPS) is 26.6. The van der Waals surface area contributed by atoms with E-state index in [2.05, 4.69) is 5.43 Å². The minimum absolute atomic E-state index is 0.132. The van der Waals surface area contributed by atoms with Crippen molar-refractivity contribution in [1.29, 1.82) is 0 Å². The van der Waals surface area contributed by atoms with Crippen LogP contribution in [0.2, 0.25) is 0 Å². The van der Waals surface area contributed by atoms with Crippen LogP contribution < -0.4 is 11.3 Å². The van der Waals surface area contributed by atoms with Crippen molar-refractivity contribution in [2.45, 2.75) is 24.6 Å². The number of ether oxygens (including phenoxy) is 1. The summed E-state index contributed by atoms with van der Waals surface area (Å²) in [6, 6.07) is -0.324. The summed E-state index contributed by atoms with van der Waals surface area (Å²) in [5, 5.41) is 9.79. The second-order valence-corrected chi connectivity index (χ2v) is 4.98. The molecular weight excluding hydrogens is 236 g/mol. The molecule has 1 saturated heterocycles. The Morgan fingerprint density at radius 3 is 2.83 bits per heavy atom. The number of β-amino-alcohol motifs (C(OH)–C–C–N with tert-alkyl or cyclic N) is 1. The number of aliphatic hydroxyl groups excluding tert-OH is 1. The van der Waals surface area contributed by atoms with Crippen LogP contribution in [0.3, 0.4) is 0 Å². The predicted molar refractivity (Wildman–Crippen MR) is 67.7 cm³/mol. The fourth-order valence-corrected chi connectivity index (χ4v) is 2.48. The highest BCUT2D eigenvalue weighted by Gasteiger charge is 2.38. The van der Waals surface area contributed by atoms with Crippen molar-refractivity contribution in [2.75, 3.05) is 40.9 Å². The molecule has 0 spiro atoms. The third-order valence-electron chi connectivity index (χ3n) is 3.18. The molecule has 1 fully saturated rings. The van der Waals surface area contributed by atoms with Crippen LogP contribution in [0.25, 0.3) is 0 Å². The molecule has 106 valence electrons. The van der Waals surface area contributed by atoms with Gasteiger partial charge in [-0.25, -0.2) is 5.84 Å². The van der Waals surface area contributed by atoms with E-state index in [9.17, 15) is 9.90 Å². The molecule has 0 aromatic heterocycles. The molecule has 0 radical (unpaired) electrons. The van der Waals surface area contributed by atoms with Crippen LogP contribution in [0.5, 0.6) is 0 Å². The number of carbonyl (C=O) groups excluding carboxylic acids is 1. The molecule has 1 aliphatic rings. The van der Waals surface area contributed by atoms with Gasteiger partial charge in [-0.15, -0.1) is 0 Å². The maximum absolute atomic E-state index is 11.8. The number of nitrogens with two attached hydrogens (primary N) is 1. The van der Waals surface area contributed by atoms with Crippen molar-refractivity contribution in [3.63, 3.8) is 0 Å². The van der Waals surface area contributed by atoms with Crippen LogP contribution in [-0.2, 0) is 9.53 Å². The molecule has 0 aromatic rings. The standard InChI is InChI=1S/C11H24N4O3/c1-14(2)5-8-4-9(16)6-15(8)10(7-18-3)11(17)13-12/h8-10,16H,4-7,12H2,1-3H3,(H,13,17). The summed E-state index contributed by atoms with van der Waals surface area (Å²) in [5.41, 5.74) is 2.16. The lowest BCUT2D eigenvalue weighted by Crippen LogP contribution is -2.54. The summed E-state index contributed by atoms with van der Waals surface area (Å²) in [6.45, 7) is 1.52. The lowest BCUT2D eigenvalue weighted by Gasteiger charge is -2.32. The van der Waals surface area contributed by atoms with Gasteiger partial charge in [0.2, 0.25) is 0 Å².